The Morgan fingerprint density at radius 3 is 2.12 bits per heavy atom. The van der Waals surface area contributed by atoms with Crippen LogP contribution >= 0.6 is 11.8 Å². The Labute approximate surface area is 141 Å². The van der Waals surface area contributed by atoms with Crippen molar-refractivity contribution in [3.05, 3.63) is 65.7 Å². The van der Waals surface area contributed by atoms with Crippen LogP contribution in [0.15, 0.2) is 53.4 Å². The predicted octanol–water partition coefficient (Wildman–Crippen LogP) is 2.43. The summed E-state index contributed by atoms with van der Waals surface area (Å²) >= 11 is 1.22. The lowest BCUT2D eigenvalue weighted by Crippen LogP contribution is -2.44. The first-order chi connectivity index (χ1) is 11.4. The lowest BCUT2D eigenvalue weighted by Gasteiger charge is -2.24. The molecule has 1 atom stereocenters. The molecule has 2 aromatic carbocycles. The largest absolute Gasteiger partial charge is 0.272 e. The predicted molar refractivity (Wildman–Crippen MR) is 85.2 cm³/mol. The standard InChI is InChI=1S/C15H12F2N2O3S2/c16-11-3-1-10(2-4-11)15-19(14(20)9-23-15)18-24(21,22)13-7-5-12(17)6-8-13/h1-8,15,18H,9H2/t15-/m0/s1. The molecule has 0 aliphatic carbocycles. The van der Waals surface area contributed by atoms with Crippen LogP contribution in [0.3, 0.4) is 0 Å². The number of nitrogens with one attached hydrogen (secondary N) is 1. The second-order valence-electron chi connectivity index (χ2n) is 5.03. The second kappa shape index (κ2) is 6.50. The van der Waals surface area contributed by atoms with Crippen molar-refractivity contribution in [3.8, 4) is 0 Å². The van der Waals surface area contributed by atoms with E-state index in [4.69, 9.17) is 0 Å². The van der Waals surface area contributed by atoms with Gasteiger partial charge in [0.05, 0.1) is 10.6 Å². The Bertz CT molecular complexity index is 855. The van der Waals surface area contributed by atoms with E-state index in [1.165, 1.54) is 36.0 Å². The fourth-order valence-corrected chi connectivity index (χ4v) is 4.43. The Balaban J connectivity index is 1.87. The van der Waals surface area contributed by atoms with Crippen LogP contribution in [0.5, 0.6) is 0 Å². The lowest BCUT2D eigenvalue weighted by molar-refractivity contribution is -0.129. The van der Waals surface area contributed by atoms with Gasteiger partial charge in [0.25, 0.3) is 10.0 Å². The fourth-order valence-electron chi connectivity index (χ4n) is 2.19. The molecule has 1 N–H and O–H groups in total. The van der Waals surface area contributed by atoms with E-state index >= 15 is 0 Å². The summed E-state index contributed by atoms with van der Waals surface area (Å²) in [6.45, 7) is 0. The quantitative estimate of drug-likeness (QED) is 0.898. The Hall–Kier alpha value is -1.97. The Kier molecular flexibility index (Phi) is 4.57. The van der Waals surface area contributed by atoms with E-state index in [2.05, 4.69) is 4.83 Å². The minimum Gasteiger partial charge on any atom is -0.272 e. The molecule has 1 amide bonds. The first kappa shape index (κ1) is 16.9. The van der Waals surface area contributed by atoms with Crippen LogP contribution in [0.2, 0.25) is 0 Å². The highest BCUT2D eigenvalue weighted by Gasteiger charge is 2.36. The maximum absolute atomic E-state index is 13.0. The highest BCUT2D eigenvalue weighted by Crippen LogP contribution is 2.37. The molecule has 9 heteroatoms. The second-order valence-corrected chi connectivity index (χ2v) is 7.76. The van der Waals surface area contributed by atoms with Crippen LogP contribution in [-0.4, -0.2) is 25.1 Å². The van der Waals surface area contributed by atoms with Gasteiger partial charge in [-0.05, 0) is 42.0 Å². The first-order valence-electron chi connectivity index (χ1n) is 6.84. The summed E-state index contributed by atoms with van der Waals surface area (Å²) in [5, 5.41) is 0.393. The number of amides is 1. The highest BCUT2D eigenvalue weighted by molar-refractivity contribution is 8.00. The topological polar surface area (TPSA) is 66.5 Å². The number of benzene rings is 2. The molecule has 1 fully saturated rings. The molecule has 1 heterocycles. The van der Waals surface area contributed by atoms with Crippen molar-refractivity contribution in [1.82, 2.24) is 9.84 Å². The van der Waals surface area contributed by atoms with Crippen LogP contribution in [0.25, 0.3) is 0 Å². The normalized spacial score (nSPS) is 18.2. The SMILES string of the molecule is O=C1CS[C@@H](c2ccc(F)cc2)N1NS(=O)(=O)c1ccc(F)cc1. The number of nitrogens with zero attached hydrogens (tertiary/aromatic N) is 1. The number of halogens is 2. The summed E-state index contributed by atoms with van der Waals surface area (Å²) in [5.74, 6) is -1.31. The monoisotopic (exact) mass is 370 g/mol. The zero-order chi connectivity index (χ0) is 17.3. The molecular formula is C15H12F2N2O3S2. The number of carbonyl (C=O) groups is 1. The smallest absolute Gasteiger partial charge is 0.257 e. The number of hydrazine groups is 1. The van der Waals surface area contributed by atoms with Crippen LogP contribution in [0.1, 0.15) is 10.9 Å². The number of sulfonamides is 1. The van der Waals surface area contributed by atoms with E-state index in [0.717, 1.165) is 29.3 Å². The third-order valence-corrected chi connectivity index (χ3v) is 5.91. The molecule has 0 spiro atoms. The molecule has 0 bridgehead atoms. The molecule has 1 saturated heterocycles. The molecule has 0 radical (unpaired) electrons. The number of hydrogen-bond donors (Lipinski definition) is 1. The van der Waals surface area contributed by atoms with Gasteiger partial charge < -0.3 is 0 Å². The van der Waals surface area contributed by atoms with Gasteiger partial charge in [-0.1, -0.05) is 12.1 Å². The van der Waals surface area contributed by atoms with E-state index in [0.29, 0.717) is 5.56 Å². The zero-order valence-corrected chi connectivity index (χ0v) is 13.8. The Morgan fingerprint density at radius 1 is 1.00 bits per heavy atom. The van der Waals surface area contributed by atoms with E-state index in [9.17, 15) is 22.0 Å². The van der Waals surface area contributed by atoms with E-state index in [-0.39, 0.29) is 10.6 Å². The number of rotatable bonds is 4. The van der Waals surface area contributed by atoms with Gasteiger partial charge in [-0.2, -0.15) is 0 Å². The summed E-state index contributed by atoms with van der Waals surface area (Å²) in [4.78, 5) is 14.1. The van der Waals surface area contributed by atoms with E-state index in [1.807, 2.05) is 0 Å². The van der Waals surface area contributed by atoms with E-state index in [1.54, 1.807) is 0 Å². The Morgan fingerprint density at radius 2 is 1.54 bits per heavy atom. The van der Waals surface area contributed by atoms with Crippen molar-refractivity contribution < 1.29 is 22.0 Å². The number of hydrogen-bond acceptors (Lipinski definition) is 4. The molecule has 5 nitrogen and oxygen atoms in total. The van der Waals surface area contributed by atoms with Crippen LogP contribution in [0, 0.1) is 11.6 Å². The molecule has 0 aromatic heterocycles. The van der Waals surface area contributed by atoms with Crippen molar-refractivity contribution in [2.45, 2.75) is 10.3 Å². The van der Waals surface area contributed by atoms with Gasteiger partial charge in [-0.15, -0.1) is 16.6 Å². The molecule has 1 aliphatic rings. The van der Waals surface area contributed by atoms with Gasteiger partial charge in [0.2, 0.25) is 5.91 Å². The average molecular weight is 370 g/mol. The van der Waals surface area contributed by atoms with Gasteiger partial charge >= 0.3 is 0 Å². The van der Waals surface area contributed by atoms with Gasteiger partial charge in [-0.25, -0.2) is 22.2 Å². The fraction of sp³-hybridized carbons (Fsp3) is 0.133. The van der Waals surface area contributed by atoms with Crippen molar-refractivity contribution in [2.75, 3.05) is 5.75 Å². The molecule has 126 valence electrons. The van der Waals surface area contributed by atoms with Crippen molar-refractivity contribution >= 4 is 27.7 Å². The van der Waals surface area contributed by atoms with Gasteiger partial charge in [0.1, 0.15) is 17.0 Å². The van der Waals surface area contributed by atoms with Gasteiger partial charge in [0.15, 0.2) is 0 Å². The summed E-state index contributed by atoms with van der Waals surface area (Å²) < 4.78 is 50.7. The van der Waals surface area contributed by atoms with Crippen LogP contribution in [-0.2, 0) is 14.8 Å². The summed E-state index contributed by atoms with van der Waals surface area (Å²) in [5.41, 5.74) is 0.592. The molecule has 0 saturated carbocycles. The molecule has 3 rings (SSSR count). The third kappa shape index (κ3) is 3.42. The minimum absolute atomic E-state index is 0.0913. The lowest BCUT2D eigenvalue weighted by atomic mass is 10.2. The molecule has 1 aliphatic heterocycles. The first-order valence-corrected chi connectivity index (χ1v) is 9.37. The highest BCUT2D eigenvalue weighted by atomic mass is 32.2. The molecule has 0 unspecified atom stereocenters. The minimum atomic E-state index is -4.04. The molecule has 2 aromatic rings. The molecular weight excluding hydrogens is 358 g/mol. The van der Waals surface area contributed by atoms with Crippen molar-refractivity contribution in [3.63, 3.8) is 0 Å². The molecule has 24 heavy (non-hydrogen) atoms. The number of carbonyl (C=O) groups excluding carboxylic acids is 1. The average Bonchev–Trinajstić information content (AvgIpc) is 2.89. The van der Waals surface area contributed by atoms with Gasteiger partial charge in [-0.3, -0.25) is 4.79 Å². The number of thioether (sulfide) groups is 1. The van der Waals surface area contributed by atoms with Crippen LogP contribution in [0.4, 0.5) is 8.78 Å². The van der Waals surface area contributed by atoms with Crippen molar-refractivity contribution in [1.29, 1.82) is 0 Å². The maximum Gasteiger partial charge on any atom is 0.257 e. The summed E-state index contributed by atoms with van der Waals surface area (Å²) in [7, 11) is -4.04. The summed E-state index contributed by atoms with van der Waals surface area (Å²) in [6.07, 6.45) is 0. The maximum atomic E-state index is 13.0. The van der Waals surface area contributed by atoms with Crippen molar-refractivity contribution in [2.24, 2.45) is 0 Å². The summed E-state index contributed by atoms with van der Waals surface area (Å²) in [6, 6.07) is 9.72. The van der Waals surface area contributed by atoms with Gasteiger partial charge in [0, 0.05) is 0 Å². The van der Waals surface area contributed by atoms with E-state index < -0.39 is 32.9 Å². The van der Waals surface area contributed by atoms with Crippen LogP contribution < -0.4 is 4.83 Å². The third-order valence-electron chi connectivity index (χ3n) is 3.37. The zero-order valence-electron chi connectivity index (χ0n) is 12.1.